The molecule has 0 spiro atoms. The molecule has 1 aromatic rings. The molecule has 1 unspecified atom stereocenters. The smallest absolute Gasteiger partial charge is 0.236 e. The van der Waals surface area contributed by atoms with Gasteiger partial charge in [0.15, 0.2) is 0 Å². The minimum absolute atomic E-state index is 0.0442. The van der Waals surface area contributed by atoms with E-state index in [9.17, 15) is 4.79 Å². The van der Waals surface area contributed by atoms with Crippen LogP contribution in [0.15, 0.2) is 11.4 Å². The molecule has 1 saturated heterocycles. The molecule has 0 aromatic carbocycles. The van der Waals surface area contributed by atoms with Crippen molar-refractivity contribution in [3.8, 4) is 0 Å². The number of hydrogen-bond donors (Lipinski definition) is 0. The third kappa shape index (κ3) is 1.86. The Kier molecular flexibility index (Phi) is 2.93. The zero-order valence-corrected chi connectivity index (χ0v) is 10.4. The van der Waals surface area contributed by atoms with Crippen molar-refractivity contribution >= 4 is 33.2 Å². The molecule has 1 amide bonds. The fourth-order valence-electron chi connectivity index (χ4n) is 1.60. The monoisotopic (exact) mass is 273 g/mol. The van der Waals surface area contributed by atoms with Crippen LogP contribution in [0.1, 0.15) is 16.9 Å². The number of aryl methyl sites for hydroxylation is 1. The van der Waals surface area contributed by atoms with Gasteiger partial charge in [0.05, 0.1) is 11.4 Å². The zero-order chi connectivity index (χ0) is 10.1. The molecule has 1 fully saturated rings. The molecule has 1 atom stereocenters. The van der Waals surface area contributed by atoms with Gasteiger partial charge in [0.1, 0.15) is 0 Å². The second-order valence-electron chi connectivity index (χ2n) is 3.54. The van der Waals surface area contributed by atoms with Crippen LogP contribution in [0.25, 0.3) is 0 Å². The van der Waals surface area contributed by atoms with Crippen LogP contribution in [0.4, 0.5) is 0 Å². The van der Waals surface area contributed by atoms with Crippen molar-refractivity contribution in [1.29, 1.82) is 0 Å². The van der Waals surface area contributed by atoms with Crippen LogP contribution in [0, 0.1) is 6.92 Å². The van der Waals surface area contributed by atoms with Gasteiger partial charge in [-0.25, -0.2) is 0 Å². The maximum atomic E-state index is 11.6. The first-order chi connectivity index (χ1) is 6.68. The number of amides is 1. The van der Waals surface area contributed by atoms with Crippen molar-refractivity contribution in [1.82, 2.24) is 4.90 Å². The Morgan fingerprint density at radius 3 is 3.00 bits per heavy atom. The molecule has 14 heavy (non-hydrogen) atoms. The third-order valence-electron chi connectivity index (χ3n) is 2.53. The molecule has 1 aromatic heterocycles. The van der Waals surface area contributed by atoms with Crippen LogP contribution in [-0.4, -0.2) is 22.2 Å². The quantitative estimate of drug-likeness (QED) is 0.759. The molecule has 1 aliphatic heterocycles. The summed E-state index contributed by atoms with van der Waals surface area (Å²) in [7, 11) is 0. The average Bonchev–Trinajstić information content (AvgIpc) is 2.68. The molecule has 76 valence electrons. The van der Waals surface area contributed by atoms with E-state index < -0.39 is 0 Å². The number of rotatable bonds is 2. The summed E-state index contributed by atoms with van der Waals surface area (Å²) in [5.41, 5.74) is 1.29. The first kappa shape index (κ1) is 10.2. The summed E-state index contributed by atoms with van der Waals surface area (Å²) in [6.45, 7) is 3.76. The molecule has 0 aliphatic carbocycles. The van der Waals surface area contributed by atoms with E-state index in [0.717, 1.165) is 19.5 Å². The first-order valence-corrected chi connectivity index (χ1v) is 6.44. The highest BCUT2D eigenvalue weighted by molar-refractivity contribution is 9.10. The van der Waals surface area contributed by atoms with Gasteiger partial charge in [0.2, 0.25) is 5.91 Å². The molecule has 2 heterocycles. The van der Waals surface area contributed by atoms with Crippen molar-refractivity contribution in [3.63, 3.8) is 0 Å². The van der Waals surface area contributed by atoms with Gasteiger partial charge in [-0.2, -0.15) is 0 Å². The standard InChI is InChI=1S/C10H12BrNOS/c1-7-3-5-14-9(7)6-12-4-2-8(11)10(12)13/h3,5,8H,2,4,6H2,1H3. The molecular formula is C10H12BrNOS. The topological polar surface area (TPSA) is 20.3 Å². The highest BCUT2D eigenvalue weighted by Crippen LogP contribution is 2.24. The van der Waals surface area contributed by atoms with Crippen LogP contribution < -0.4 is 0 Å². The fraction of sp³-hybridized carbons (Fsp3) is 0.500. The van der Waals surface area contributed by atoms with E-state index in [1.165, 1.54) is 10.4 Å². The Labute approximate surface area is 96.0 Å². The zero-order valence-electron chi connectivity index (χ0n) is 8.00. The van der Waals surface area contributed by atoms with E-state index in [4.69, 9.17) is 0 Å². The number of carbonyl (C=O) groups is 1. The van der Waals surface area contributed by atoms with Crippen LogP contribution in [0.5, 0.6) is 0 Å². The van der Waals surface area contributed by atoms with Crippen molar-refractivity contribution in [2.75, 3.05) is 6.54 Å². The molecular weight excluding hydrogens is 262 g/mol. The lowest BCUT2D eigenvalue weighted by Gasteiger charge is -2.15. The molecule has 0 bridgehead atoms. The fourth-order valence-corrected chi connectivity index (χ4v) is 3.01. The van der Waals surface area contributed by atoms with Crippen molar-refractivity contribution in [2.45, 2.75) is 24.7 Å². The lowest BCUT2D eigenvalue weighted by Crippen LogP contribution is -2.26. The van der Waals surface area contributed by atoms with E-state index >= 15 is 0 Å². The second kappa shape index (κ2) is 4.03. The van der Waals surface area contributed by atoms with Gasteiger partial charge in [-0.3, -0.25) is 4.79 Å². The molecule has 0 N–H and O–H groups in total. The van der Waals surface area contributed by atoms with Gasteiger partial charge < -0.3 is 4.90 Å². The van der Waals surface area contributed by atoms with Gasteiger partial charge in [-0.1, -0.05) is 15.9 Å². The van der Waals surface area contributed by atoms with Crippen molar-refractivity contribution in [3.05, 3.63) is 21.9 Å². The Morgan fingerprint density at radius 2 is 2.50 bits per heavy atom. The Hall–Kier alpha value is -0.350. The minimum Gasteiger partial charge on any atom is -0.337 e. The van der Waals surface area contributed by atoms with Crippen LogP contribution in [0.3, 0.4) is 0 Å². The maximum Gasteiger partial charge on any atom is 0.236 e. The molecule has 0 radical (unpaired) electrons. The van der Waals surface area contributed by atoms with Gasteiger partial charge in [-0.15, -0.1) is 11.3 Å². The van der Waals surface area contributed by atoms with E-state index in [0.29, 0.717) is 0 Å². The normalized spacial score (nSPS) is 22.0. The predicted molar refractivity (Wildman–Crippen MR) is 61.8 cm³/mol. The number of nitrogens with zero attached hydrogens (tertiary/aromatic N) is 1. The van der Waals surface area contributed by atoms with E-state index in [-0.39, 0.29) is 10.7 Å². The van der Waals surface area contributed by atoms with E-state index in [1.807, 2.05) is 4.90 Å². The van der Waals surface area contributed by atoms with Gasteiger partial charge in [0.25, 0.3) is 0 Å². The van der Waals surface area contributed by atoms with Crippen molar-refractivity contribution in [2.24, 2.45) is 0 Å². The Balaban J connectivity index is 2.06. The molecule has 2 rings (SSSR count). The second-order valence-corrected chi connectivity index (χ2v) is 5.65. The minimum atomic E-state index is 0.0442. The molecule has 0 saturated carbocycles. The summed E-state index contributed by atoms with van der Waals surface area (Å²) in [5.74, 6) is 0.234. The largest absolute Gasteiger partial charge is 0.337 e. The van der Waals surface area contributed by atoms with Gasteiger partial charge >= 0.3 is 0 Å². The highest BCUT2D eigenvalue weighted by atomic mass is 79.9. The van der Waals surface area contributed by atoms with Gasteiger partial charge in [0, 0.05) is 11.4 Å². The summed E-state index contributed by atoms with van der Waals surface area (Å²) in [6.07, 6.45) is 0.934. The number of thiophene rings is 1. The molecule has 1 aliphatic rings. The number of likely N-dealkylation sites (tertiary alicyclic amines) is 1. The summed E-state index contributed by atoms with van der Waals surface area (Å²) < 4.78 is 0. The SMILES string of the molecule is Cc1ccsc1CN1CCC(Br)C1=O. The predicted octanol–water partition coefficient (Wildman–Crippen LogP) is 2.55. The average molecular weight is 274 g/mol. The summed E-state index contributed by atoms with van der Waals surface area (Å²) >= 11 is 5.11. The number of carbonyl (C=O) groups excluding carboxylic acids is 1. The van der Waals surface area contributed by atoms with E-state index in [2.05, 4.69) is 34.3 Å². The third-order valence-corrected chi connectivity index (χ3v) is 4.39. The van der Waals surface area contributed by atoms with Crippen LogP contribution in [-0.2, 0) is 11.3 Å². The summed E-state index contributed by atoms with van der Waals surface area (Å²) in [6, 6.07) is 2.10. The number of halogens is 1. The maximum absolute atomic E-state index is 11.6. The highest BCUT2D eigenvalue weighted by Gasteiger charge is 2.29. The van der Waals surface area contributed by atoms with Crippen molar-refractivity contribution < 1.29 is 4.79 Å². The van der Waals surface area contributed by atoms with Crippen LogP contribution >= 0.6 is 27.3 Å². The summed E-state index contributed by atoms with van der Waals surface area (Å²) in [4.78, 5) is 14.9. The number of hydrogen-bond acceptors (Lipinski definition) is 2. The van der Waals surface area contributed by atoms with Crippen LogP contribution in [0.2, 0.25) is 0 Å². The number of alkyl halides is 1. The Morgan fingerprint density at radius 1 is 1.71 bits per heavy atom. The Bertz CT molecular complexity index is 350. The van der Waals surface area contributed by atoms with Gasteiger partial charge in [-0.05, 0) is 30.4 Å². The van der Waals surface area contributed by atoms with E-state index in [1.54, 1.807) is 11.3 Å². The lowest BCUT2D eigenvalue weighted by molar-refractivity contribution is -0.127. The molecule has 4 heteroatoms. The first-order valence-electron chi connectivity index (χ1n) is 4.64. The molecule has 2 nitrogen and oxygen atoms in total. The lowest BCUT2D eigenvalue weighted by atomic mass is 10.3. The summed E-state index contributed by atoms with van der Waals surface area (Å²) in [5, 5.41) is 2.08.